The lowest BCUT2D eigenvalue weighted by molar-refractivity contribution is -0.00592. The maximum Gasteiger partial charge on any atom is 0.163 e. The first-order valence-electron chi connectivity index (χ1n) is 8.47. The van der Waals surface area contributed by atoms with Gasteiger partial charge in [0.15, 0.2) is 5.65 Å². The summed E-state index contributed by atoms with van der Waals surface area (Å²) >= 11 is 3.60. The summed E-state index contributed by atoms with van der Waals surface area (Å²) in [5.41, 5.74) is 4.76. The van der Waals surface area contributed by atoms with Gasteiger partial charge in [-0.2, -0.15) is 5.10 Å². The fraction of sp³-hybridized carbons (Fsp3) is 0.211. The lowest BCUT2D eigenvalue weighted by Crippen LogP contribution is -2.45. The molecule has 1 aliphatic heterocycles. The van der Waals surface area contributed by atoms with Gasteiger partial charge in [0, 0.05) is 35.5 Å². The van der Waals surface area contributed by atoms with Crippen LogP contribution < -0.4 is 5.32 Å². The second-order valence-electron chi connectivity index (χ2n) is 6.39. The van der Waals surface area contributed by atoms with Crippen molar-refractivity contribution >= 4 is 32.5 Å². The smallest absolute Gasteiger partial charge is 0.163 e. The Bertz CT molecular complexity index is 1110. The number of benzene rings is 1. The zero-order valence-corrected chi connectivity index (χ0v) is 15.5. The summed E-state index contributed by atoms with van der Waals surface area (Å²) in [7, 11) is 0. The van der Waals surface area contributed by atoms with Gasteiger partial charge >= 0.3 is 0 Å². The molecule has 130 valence electrons. The summed E-state index contributed by atoms with van der Waals surface area (Å²) in [6, 6.07) is 10.6. The summed E-state index contributed by atoms with van der Waals surface area (Å²) in [6.07, 6.45) is 5.68. The number of pyridine rings is 1. The van der Waals surface area contributed by atoms with Crippen molar-refractivity contribution in [2.45, 2.75) is 12.6 Å². The van der Waals surface area contributed by atoms with Crippen LogP contribution in [0.3, 0.4) is 0 Å². The fourth-order valence-corrected chi connectivity index (χ4v) is 3.49. The van der Waals surface area contributed by atoms with Crippen LogP contribution in [0.1, 0.15) is 5.69 Å². The molecule has 1 aromatic carbocycles. The highest BCUT2D eigenvalue weighted by atomic mass is 79.9. The minimum atomic E-state index is 0.411. The van der Waals surface area contributed by atoms with Gasteiger partial charge in [-0.05, 0) is 28.1 Å². The molecule has 0 saturated carbocycles. The number of rotatable bonds is 4. The molecule has 0 unspecified atom stereocenters. The summed E-state index contributed by atoms with van der Waals surface area (Å²) in [4.78, 5) is 9.41. The van der Waals surface area contributed by atoms with Gasteiger partial charge in [0.25, 0.3) is 0 Å². The minimum absolute atomic E-state index is 0.411. The van der Waals surface area contributed by atoms with Crippen molar-refractivity contribution in [1.82, 2.24) is 24.9 Å². The number of para-hydroxylation sites is 1. The van der Waals surface area contributed by atoms with E-state index in [2.05, 4.69) is 43.5 Å². The Morgan fingerprint density at radius 3 is 2.96 bits per heavy atom. The van der Waals surface area contributed by atoms with Crippen molar-refractivity contribution < 1.29 is 4.74 Å². The molecule has 0 radical (unpaired) electrons. The lowest BCUT2D eigenvalue weighted by atomic mass is 10.1. The van der Waals surface area contributed by atoms with E-state index >= 15 is 0 Å². The topological polar surface area (TPSA) is 64.3 Å². The normalized spacial score (nSPS) is 14.8. The second kappa shape index (κ2) is 6.42. The van der Waals surface area contributed by atoms with Crippen LogP contribution in [-0.4, -0.2) is 38.8 Å². The Morgan fingerprint density at radius 2 is 2.12 bits per heavy atom. The van der Waals surface area contributed by atoms with E-state index in [1.807, 2.05) is 36.8 Å². The highest BCUT2D eigenvalue weighted by molar-refractivity contribution is 9.10. The van der Waals surface area contributed by atoms with Crippen LogP contribution in [0.15, 0.2) is 53.4 Å². The standard InChI is InChI=1S/C19H16BrN5O/c20-16-9-25-19(24-18(16)8-21-14-10-26-11-14)15(7-23-25)13-5-12-3-1-2-4-17(12)22-6-13/h1-7,9,14,21H,8,10-11H2. The fourth-order valence-electron chi connectivity index (χ4n) is 3.07. The molecule has 1 saturated heterocycles. The second-order valence-corrected chi connectivity index (χ2v) is 7.25. The van der Waals surface area contributed by atoms with E-state index in [1.54, 1.807) is 4.52 Å². The van der Waals surface area contributed by atoms with Crippen molar-refractivity contribution in [3.05, 3.63) is 59.1 Å². The largest absolute Gasteiger partial charge is 0.378 e. The van der Waals surface area contributed by atoms with E-state index in [4.69, 9.17) is 9.72 Å². The lowest BCUT2D eigenvalue weighted by Gasteiger charge is -2.26. The first-order valence-corrected chi connectivity index (χ1v) is 9.26. The summed E-state index contributed by atoms with van der Waals surface area (Å²) in [5, 5.41) is 9.02. The summed E-state index contributed by atoms with van der Waals surface area (Å²) in [5.74, 6) is 0. The van der Waals surface area contributed by atoms with Gasteiger partial charge in [-0.25, -0.2) is 9.50 Å². The first kappa shape index (κ1) is 15.9. The van der Waals surface area contributed by atoms with E-state index in [0.717, 1.165) is 51.1 Å². The van der Waals surface area contributed by atoms with Crippen LogP contribution in [-0.2, 0) is 11.3 Å². The van der Waals surface area contributed by atoms with Gasteiger partial charge in [-0.1, -0.05) is 18.2 Å². The van der Waals surface area contributed by atoms with Crippen molar-refractivity contribution in [2.75, 3.05) is 13.2 Å². The van der Waals surface area contributed by atoms with Gasteiger partial charge in [-0.15, -0.1) is 0 Å². The van der Waals surface area contributed by atoms with Crippen LogP contribution >= 0.6 is 15.9 Å². The Kier molecular flexibility index (Phi) is 3.92. The molecule has 0 bridgehead atoms. The Labute approximate surface area is 158 Å². The van der Waals surface area contributed by atoms with Crippen molar-refractivity contribution in [3.63, 3.8) is 0 Å². The van der Waals surface area contributed by atoms with Gasteiger partial charge in [0.2, 0.25) is 0 Å². The molecule has 0 atom stereocenters. The number of nitrogens with one attached hydrogen (secondary N) is 1. The van der Waals surface area contributed by atoms with E-state index < -0.39 is 0 Å². The SMILES string of the molecule is Brc1cn2ncc(-c3cnc4ccccc4c3)c2nc1CNC1COC1. The molecule has 0 spiro atoms. The van der Waals surface area contributed by atoms with Crippen LogP contribution in [0, 0.1) is 0 Å². The Morgan fingerprint density at radius 1 is 1.23 bits per heavy atom. The number of aromatic nitrogens is 4. The zero-order chi connectivity index (χ0) is 17.5. The average molecular weight is 410 g/mol. The van der Waals surface area contributed by atoms with E-state index in [9.17, 15) is 0 Å². The highest BCUT2D eigenvalue weighted by Gasteiger charge is 2.19. The third-order valence-electron chi connectivity index (χ3n) is 4.62. The number of fused-ring (bicyclic) bond motifs is 2. The van der Waals surface area contributed by atoms with Crippen LogP contribution in [0.4, 0.5) is 0 Å². The van der Waals surface area contributed by atoms with E-state index in [0.29, 0.717) is 12.6 Å². The highest BCUT2D eigenvalue weighted by Crippen LogP contribution is 2.27. The first-order chi connectivity index (χ1) is 12.8. The molecule has 1 fully saturated rings. The van der Waals surface area contributed by atoms with Crippen LogP contribution in [0.2, 0.25) is 0 Å². The maximum absolute atomic E-state index is 5.21. The van der Waals surface area contributed by atoms with Crippen molar-refractivity contribution in [1.29, 1.82) is 0 Å². The third-order valence-corrected chi connectivity index (χ3v) is 5.28. The van der Waals surface area contributed by atoms with Gasteiger partial charge in [0.05, 0.1) is 41.1 Å². The Balaban J connectivity index is 1.55. The molecule has 1 N–H and O–H groups in total. The van der Waals surface area contributed by atoms with Crippen molar-refractivity contribution in [3.8, 4) is 11.1 Å². The summed E-state index contributed by atoms with van der Waals surface area (Å²) < 4.78 is 7.94. The number of ether oxygens (including phenoxy) is 1. The Hall–Kier alpha value is -2.35. The van der Waals surface area contributed by atoms with Gasteiger partial charge in [-0.3, -0.25) is 4.98 Å². The number of hydrogen-bond acceptors (Lipinski definition) is 5. The van der Waals surface area contributed by atoms with Crippen molar-refractivity contribution in [2.24, 2.45) is 0 Å². The summed E-state index contributed by atoms with van der Waals surface area (Å²) in [6.45, 7) is 2.22. The molecule has 1 aliphatic rings. The molecule has 26 heavy (non-hydrogen) atoms. The molecule has 5 rings (SSSR count). The average Bonchev–Trinajstić information content (AvgIpc) is 3.02. The predicted molar refractivity (Wildman–Crippen MR) is 103 cm³/mol. The molecule has 3 aromatic heterocycles. The van der Waals surface area contributed by atoms with Gasteiger partial charge < -0.3 is 10.1 Å². The number of halogens is 1. The minimum Gasteiger partial charge on any atom is -0.378 e. The third kappa shape index (κ3) is 2.78. The monoisotopic (exact) mass is 409 g/mol. The molecule has 0 amide bonds. The molecule has 6 nitrogen and oxygen atoms in total. The molecule has 7 heteroatoms. The molecule has 4 aromatic rings. The van der Waals surface area contributed by atoms with Crippen LogP contribution in [0.5, 0.6) is 0 Å². The zero-order valence-electron chi connectivity index (χ0n) is 13.9. The number of hydrogen-bond donors (Lipinski definition) is 1. The molecule has 4 heterocycles. The molecule has 0 aliphatic carbocycles. The predicted octanol–water partition coefficient (Wildman–Crippen LogP) is 3.20. The maximum atomic E-state index is 5.21. The van der Waals surface area contributed by atoms with E-state index in [1.165, 1.54) is 0 Å². The van der Waals surface area contributed by atoms with E-state index in [-0.39, 0.29) is 0 Å². The molecular weight excluding hydrogens is 394 g/mol. The molecular formula is C19H16BrN5O. The number of nitrogens with zero attached hydrogens (tertiary/aromatic N) is 4. The van der Waals surface area contributed by atoms with Gasteiger partial charge in [0.1, 0.15) is 0 Å². The van der Waals surface area contributed by atoms with Crippen LogP contribution in [0.25, 0.3) is 27.7 Å². The quantitative estimate of drug-likeness (QED) is 0.560.